The first kappa shape index (κ1) is 18.7. The van der Waals surface area contributed by atoms with Crippen LogP contribution in [0.3, 0.4) is 0 Å². The summed E-state index contributed by atoms with van der Waals surface area (Å²) >= 11 is 0. The first-order valence-electron chi connectivity index (χ1n) is 8.49. The second-order valence-electron chi connectivity index (χ2n) is 6.45. The summed E-state index contributed by atoms with van der Waals surface area (Å²) in [6.45, 7) is 4.03. The first-order valence-corrected chi connectivity index (χ1v) is 9.98. The minimum Gasteiger partial charge on any atom is -0.478 e. The number of hydrogen-bond donors (Lipinski definition) is 3. The van der Waals surface area contributed by atoms with E-state index >= 15 is 0 Å². The third kappa shape index (κ3) is 4.70. The number of anilines is 1. The lowest BCUT2D eigenvalue weighted by molar-refractivity contribution is 0.0697. The summed E-state index contributed by atoms with van der Waals surface area (Å²) in [6.07, 6.45) is 5.59. The van der Waals surface area contributed by atoms with E-state index in [2.05, 4.69) is 17.0 Å². The van der Waals surface area contributed by atoms with Gasteiger partial charge in [-0.15, -0.1) is 0 Å². The normalized spacial score (nSPS) is 16.9. The largest absolute Gasteiger partial charge is 0.478 e. The van der Waals surface area contributed by atoms with Gasteiger partial charge in [-0.3, -0.25) is 0 Å². The molecular formula is C17H26N2O4S. The summed E-state index contributed by atoms with van der Waals surface area (Å²) < 4.78 is 27.6. The Bertz CT molecular complexity index is 682. The van der Waals surface area contributed by atoms with E-state index in [1.165, 1.54) is 12.1 Å². The summed E-state index contributed by atoms with van der Waals surface area (Å²) in [5.41, 5.74) is 0.426. The molecule has 1 aliphatic rings. The fourth-order valence-corrected chi connectivity index (χ4v) is 4.43. The predicted molar refractivity (Wildman–Crippen MR) is 94.0 cm³/mol. The summed E-state index contributed by atoms with van der Waals surface area (Å²) in [5.74, 6) is -1.14. The molecule has 1 fully saturated rings. The number of benzene rings is 1. The lowest BCUT2D eigenvalue weighted by atomic mass is 10.1. The van der Waals surface area contributed by atoms with Crippen molar-refractivity contribution in [1.82, 2.24) is 4.72 Å². The van der Waals surface area contributed by atoms with Gasteiger partial charge in [-0.25, -0.2) is 17.9 Å². The Hall–Kier alpha value is -1.60. The molecule has 0 bridgehead atoms. The topological polar surface area (TPSA) is 95.5 Å². The van der Waals surface area contributed by atoms with Crippen LogP contribution < -0.4 is 10.0 Å². The van der Waals surface area contributed by atoms with Crippen molar-refractivity contribution in [2.45, 2.75) is 69.4 Å². The molecule has 3 N–H and O–H groups in total. The van der Waals surface area contributed by atoms with E-state index in [4.69, 9.17) is 0 Å². The van der Waals surface area contributed by atoms with Gasteiger partial charge >= 0.3 is 5.97 Å². The van der Waals surface area contributed by atoms with Crippen molar-refractivity contribution in [2.75, 3.05) is 5.32 Å². The Morgan fingerprint density at radius 1 is 1.33 bits per heavy atom. The highest BCUT2D eigenvalue weighted by Gasteiger charge is 2.24. The third-order valence-electron chi connectivity index (χ3n) is 4.33. The molecule has 6 nitrogen and oxygen atoms in total. The van der Waals surface area contributed by atoms with Gasteiger partial charge in [0.1, 0.15) is 0 Å². The number of sulfonamides is 1. The van der Waals surface area contributed by atoms with Gasteiger partial charge in [0.05, 0.1) is 10.5 Å². The fourth-order valence-electron chi connectivity index (χ4n) is 3.10. The van der Waals surface area contributed by atoms with Crippen LogP contribution >= 0.6 is 0 Å². The molecular weight excluding hydrogens is 328 g/mol. The molecule has 0 spiro atoms. The van der Waals surface area contributed by atoms with E-state index < -0.39 is 16.0 Å². The maximum absolute atomic E-state index is 12.5. The predicted octanol–water partition coefficient (Wildman–Crippen LogP) is 3.21. The molecule has 0 aromatic heterocycles. The molecule has 0 aliphatic heterocycles. The van der Waals surface area contributed by atoms with Crippen LogP contribution in [0.1, 0.15) is 62.7 Å². The Morgan fingerprint density at radius 3 is 2.58 bits per heavy atom. The van der Waals surface area contributed by atoms with Crippen molar-refractivity contribution in [3.63, 3.8) is 0 Å². The number of carboxylic acid groups (broad SMARTS) is 1. The molecule has 1 aliphatic carbocycles. The maximum Gasteiger partial charge on any atom is 0.337 e. The summed E-state index contributed by atoms with van der Waals surface area (Å²) in [7, 11) is -3.70. The van der Waals surface area contributed by atoms with Crippen LogP contribution in [0.15, 0.2) is 23.1 Å². The second kappa shape index (κ2) is 7.98. The third-order valence-corrected chi connectivity index (χ3v) is 5.85. The van der Waals surface area contributed by atoms with Crippen LogP contribution in [0.5, 0.6) is 0 Å². The second-order valence-corrected chi connectivity index (χ2v) is 8.16. The summed E-state index contributed by atoms with van der Waals surface area (Å²) in [4.78, 5) is 11.5. The molecule has 7 heteroatoms. The van der Waals surface area contributed by atoms with Crippen LogP contribution in [0.2, 0.25) is 0 Å². The first-order chi connectivity index (χ1) is 11.3. The minimum atomic E-state index is -3.70. The molecule has 2 rings (SSSR count). The van der Waals surface area contributed by atoms with Gasteiger partial charge in [-0.1, -0.05) is 26.2 Å². The smallest absolute Gasteiger partial charge is 0.337 e. The summed E-state index contributed by atoms with van der Waals surface area (Å²) in [5, 5.41) is 12.6. The number of nitrogens with one attached hydrogen (secondary N) is 2. The Kier molecular flexibility index (Phi) is 6.23. The van der Waals surface area contributed by atoms with Gasteiger partial charge in [0.2, 0.25) is 10.0 Å². The average Bonchev–Trinajstić information content (AvgIpc) is 2.99. The minimum absolute atomic E-state index is 0.000458. The zero-order valence-corrected chi connectivity index (χ0v) is 15.0. The van der Waals surface area contributed by atoms with Crippen LogP contribution in [0.25, 0.3) is 0 Å². The molecule has 24 heavy (non-hydrogen) atoms. The average molecular weight is 354 g/mol. The molecule has 1 aromatic rings. The van der Waals surface area contributed by atoms with Gasteiger partial charge in [-0.2, -0.15) is 0 Å². The highest BCUT2D eigenvalue weighted by molar-refractivity contribution is 7.89. The lowest BCUT2D eigenvalue weighted by Gasteiger charge is -2.18. The lowest BCUT2D eigenvalue weighted by Crippen LogP contribution is -2.32. The van der Waals surface area contributed by atoms with Gasteiger partial charge < -0.3 is 10.4 Å². The molecule has 0 heterocycles. The highest BCUT2D eigenvalue weighted by Crippen LogP contribution is 2.24. The van der Waals surface area contributed by atoms with Crippen LogP contribution in [0.4, 0.5) is 5.69 Å². The SMILES string of the molecule is CCC[C@@H](C)Nc1ccc(S(=O)(=O)NC2CCCC2)cc1C(=O)O. The van der Waals surface area contributed by atoms with Gasteiger partial charge in [-0.05, 0) is 44.4 Å². The Balaban J connectivity index is 2.25. The molecule has 1 saturated carbocycles. The summed E-state index contributed by atoms with van der Waals surface area (Å²) in [6, 6.07) is 4.31. The van der Waals surface area contributed by atoms with E-state index in [1.807, 2.05) is 6.92 Å². The zero-order valence-electron chi connectivity index (χ0n) is 14.2. The number of aromatic carboxylic acids is 1. The van der Waals surface area contributed by atoms with Crippen LogP contribution in [0, 0.1) is 0 Å². The highest BCUT2D eigenvalue weighted by atomic mass is 32.2. The van der Waals surface area contributed by atoms with Crippen molar-refractivity contribution < 1.29 is 18.3 Å². The number of hydrogen-bond acceptors (Lipinski definition) is 4. The van der Waals surface area contributed by atoms with Crippen molar-refractivity contribution in [3.05, 3.63) is 23.8 Å². The van der Waals surface area contributed by atoms with Crippen molar-refractivity contribution in [1.29, 1.82) is 0 Å². The molecule has 134 valence electrons. The maximum atomic E-state index is 12.5. The molecule has 1 atom stereocenters. The van der Waals surface area contributed by atoms with Gasteiger partial charge in [0, 0.05) is 17.8 Å². The monoisotopic (exact) mass is 354 g/mol. The molecule has 0 radical (unpaired) electrons. The molecule has 0 saturated heterocycles. The van der Waals surface area contributed by atoms with E-state index in [-0.39, 0.29) is 22.5 Å². The number of carbonyl (C=O) groups is 1. The Labute approximate surface area is 143 Å². The standard InChI is InChI=1S/C17H26N2O4S/c1-3-6-12(2)18-16-10-9-14(11-15(16)17(20)21)24(22,23)19-13-7-4-5-8-13/h9-13,18-19H,3-8H2,1-2H3,(H,20,21)/t12-/m1/s1. The van der Waals surface area contributed by atoms with Crippen molar-refractivity contribution in [3.8, 4) is 0 Å². The van der Waals surface area contributed by atoms with Gasteiger partial charge in [0.25, 0.3) is 0 Å². The molecule has 0 amide bonds. The quantitative estimate of drug-likeness (QED) is 0.666. The van der Waals surface area contributed by atoms with Gasteiger partial charge in [0.15, 0.2) is 0 Å². The number of rotatable bonds is 8. The van der Waals surface area contributed by atoms with E-state index in [1.54, 1.807) is 6.07 Å². The van der Waals surface area contributed by atoms with E-state index in [9.17, 15) is 18.3 Å². The van der Waals surface area contributed by atoms with Crippen molar-refractivity contribution in [2.24, 2.45) is 0 Å². The molecule has 1 aromatic carbocycles. The van der Waals surface area contributed by atoms with E-state index in [0.29, 0.717) is 5.69 Å². The Morgan fingerprint density at radius 2 is 2.00 bits per heavy atom. The fraction of sp³-hybridized carbons (Fsp3) is 0.588. The van der Waals surface area contributed by atoms with Crippen LogP contribution in [-0.2, 0) is 10.0 Å². The van der Waals surface area contributed by atoms with Crippen molar-refractivity contribution >= 4 is 21.7 Å². The molecule has 0 unspecified atom stereocenters. The van der Waals surface area contributed by atoms with Crippen LogP contribution in [-0.4, -0.2) is 31.6 Å². The zero-order chi connectivity index (χ0) is 17.7. The van der Waals surface area contributed by atoms with E-state index in [0.717, 1.165) is 38.5 Å². The number of carboxylic acids is 1.